The van der Waals surface area contributed by atoms with Crippen LogP contribution in [0.2, 0.25) is 0 Å². The maximum absolute atomic E-state index is 12.6. The third-order valence-corrected chi connectivity index (χ3v) is 4.59. The molecule has 0 bridgehead atoms. The van der Waals surface area contributed by atoms with Crippen LogP contribution in [-0.2, 0) is 0 Å². The minimum absolute atomic E-state index is 0.194. The third-order valence-electron chi connectivity index (χ3n) is 3.75. The summed E-state index contributed by atoms with van der Waals surface area (Å²) in [5, 5.41) is 4.67. The monoisotopic (exact) mass is 334 g/mol. The van der Waals surface area contributed by atoms with Crippen molar-refractivity contribution >= 4 is 28.0 Å². The van der Waals surface area contributed by atoms with E-state index in [2.05, 4.69) is 15.3 Å². The van der Waals surface area contributed by atoms with E-state index >= 15 is 0 Å². The number of hydrogen-bond donors (Lipinski definition) is 1. The average molecular weight is 334 g/mol. The summed E-state index contributed by atoms with van der Waals surface area (Å²) < 4.78 is 1.82. The number of amides is 1. The molecule has 0 saturated heterocycles. The molecule has 0 aliphatic rings. The molecule has 6 heteroatoms. The Labute approximate surface area is 142 Å². The number of thiazole rings is 1. The zero-order valence-electron chi connectivity index (χ0n) is 12.9. The molecule has 0 saturated carbocycles. The van der Waals surface area contributed by atoms with Gasteiger partial charge in [0.25, 0.3) is 5.91 Å². The maximum Gasteiger partial charge on any atom is 0.274 e. The highest BCUT2D eigenvalue weighted by molar-refractivity contribution is 7.15. The van der Waals surface area contributed by atoms with E-state index in [1.807, 2.05) is 65.4 Å². The number of carbonyl (C=O) groups is 1. The van der Waals surface area contributed by atoms with Gasteiger partial charge in [-0.3, -0.25) is 9.20 Å². The molecule has 0 radical (unpaired) electrons. The van der Waals surface area contributed by atoms with Crippen molar-refractivity contribution in [1.29, 1.82) is 0 Å². The summed E-state index contributed by atoms with van der Waals surface area (Å²) in [6.45, 7) is 1.91. The van der Waals surface area contributed by atoms with Crippen molar-refractivity contribution in [2.45, 2.75) is 6.92 Å². The Bertz CT molecular complexity index is 1020. The lowest BCUT2D eigenvalue weighted by Crippen LogP contribution is -2.15. The number of fused-ring (bicyclic) bond motifs is 1. The van der Waals surface area contributed by atoms with Crippen LogP contribution in [0.3, 0.4) is 0 Å². The van der Waals surface area contributed by atoms with Gasteiger partial charge >= 0.3 is 0 Å². The summed E-state index contributed by atoms with van der Waals surface area (Å²) >= 11 is 1.44. The highest BCUT2D eigenvalue weighted by Gasteiger charge is 2.16. The van der Waals surface area contributed by atoms with Crippen molar-refractivity contribution in [3.63, 3.8) is 0 Å². The summed E-state index contributed by atoms with van der Waals surface area (Å²) in [6, 6.07) is 13.7. The van der Waals surface area contributed by atoms with E-state index in [4.69, 9.17) is 0 Å². The van der Waals surface area contributed by atoms with E-state index in [1.54, 1.807) is 6.20 Å². The first kappa shape index (κ1) is 14.6. The first-order valence-electron chi connectivity index (χ1n) is 7.47. The average Bonchev–Trinajstić information content (AvgIpc) is 3.18. The number of rotatable bonds is 3. The van der Waals surface area contributed by atoms with Gasteiger partial charge in [0.15, 0.2) is 4.96 Å². The molecule has 1 N–H and O–H groups in total. The second-order valence-electron chi connectivity index (χ2n) is 5.39. The van der Waals surface area contributed by atoms with Gasteiger partial charge in [-0.15, -0.1) is 11.3 Å². The van der Waals surface area contributed by atoms with Gasteiger partial charge in [0.2, 0.25) is 0 Å². The number of aromatic nitrogens is 3. The van der Waals surface area contributed by atoms with Crippen LogP contribution in [0.15, 0.2) is 60.2 Å². The number of benzene rings is 1. The molecule has 0 fully saturated rings. The molecule has 4 rings (SSSR count). The Balaban J connectivity index is 1.68. The summed E-state index contributed by atoms with van der Waals surface area (Å²) in [5.74, 6) is 0.380. The number of nitrogens with one attached hydrogen (secondary N) is 1. The molecule has 0 aliphatic heterocycles. The zero-order chi connectivity index (χ0) is 16.5. The lowest BCUT2D eigenvalue weighted by molar-refractivity contribution is 0.102. The van der Waals surface area contributed by atoms with Crippen LogP contribution < -0.4 is 5.32 Å². The molecular weight excluding hydrogens is 320 g/mol. The lowest BCUT2D eigenvalue weighted by Gasteiger charge is -2.05. The fourth-order valence-corrected chi connectivity index (χ4v) is 3.34. The van der Waals surface area contributed by atoms with Gasteiger partial charge in [0.05, 0.1) is 5.69 Å². The Morgan fingerprint density at radius 1 is 1.17 bits per heavy atom. The Kier molecular flexibility index (Phi) is 3.59. The SMILES string of the molecule is Cc1cccnc1NC(=O)c1csc2nc(-c3ccccc3)cn12. The molecule has 118 valence electrons. The second kappa shape index (κ2) is 5.90. The Hall–Kier alpha value is -2.99. The molecular formula is C18H14N4OS. The van der Waals surface area contributed by atoms with Gasteiger partial charge in [0, 0.05) is 23.3 Å². The summed E-state index contributed by atoms with van der Waals surface area (Å²) in [7, 11) is 0. The Morgan fingerprint density at radius 2 is 2.00 bits per heavy atom. The molecule has 24 heavy (non-hydrogen) atoms. The van der Waals surface area contributed by atoms with Crippen LogP contribution in [0.5, 0.6) is 0 Å². The van der Waals surface area contributed by atoms with Gasteiger partial charge in [-0.25, -0.2) is 9.97 Å². The van der Waals surface area contributed by atoms with E-state index in [0.717, 1.165) is 21.8 Å². The van der Waals surface area contributed by atoms with Crippen molar-refractivity contribution in [1.82, 2.24) is 14.4 Å². The van der Waals surface area contributed by atoms with E-state index in [-0.39, 0.29) is 5.91 Å². The number of nitrogens with zero attached hydrogens (tertiary/aromatic N) is 3. The smallest absolute Gasteiger partial charge is 0.274 e. The van der Waals surface area contributed by atoms with Crippen molar-refractivity contribution < 1.29 is 4.79 Å². The number of carbonyl (C=O) groups excluding carboxylic acids is 1. The quantitative estimate of drug-likeness (QED) is 0.615. The molecule has 4 aromatic rings. The molecule has 0 aliphatic carbocycles. The number of pyridine rings is 1. The normalized spacial score (nSPS) is 10.9. The third kappa shape index (κ3) is 2.57. The number of aryl methyl sites for hydroxylation is 1. The minimum atomic E-state index is -0.194. The first-order chi connectivity index (χ1) is 11.7. The zero-order valence-corrected chi connectivity index (χ0v) is 13.7. The largest absolute Gasteiger partial charge is 0.305 e. The van der Waals surface area contributed by atoms with E-state index < -0.39 is 0 Å². The fraction of sp³-hybridized carbons (Fsp3) is 0.0556. The summed E-state index contributed by atoms with van der Waals surface area (Å²) in [6.07, 6.45) is 3.55. The van der Waals surface area contributed by atoms with Crippen LogP contribution in [0.1, 0.15) is 16.1 Å². The summed E-state index contributed by atoms with van der Waals surface area (Å²) in [4.78, 5) is 22.2. The maximum atomic E-state index is 12.6. The van der Waals surface area contributed by atoms with E-state index in [9.17, 15) is 4.79 Å². The fourth-order valence-electron chi connectivity index (χ4n) is 2.48. The molecule has 1 amide bonds. The highest BCUT2D eigenvalue weighted by atomic mass is 32.1. The molecule has 0 unspecified atom stereocenters. The number of anilines is 1. The van der Waals surface area contributed by atoms with E-state index in [1.165, 1.54) is 11.3 Å². The molecule has 5 nitrogen and oxygen atoms in total. The number of imidazole rings is 1. The molecule has 0 spiro atoms. The van der Waals surface area contributed by atoms with Crippen molar-refractivity contribution in [2.24, 2.45) is 0 Å². The van der Waals surface area contributed by atoms with Crippen LogP contribution in [-0.4, -0.2) is 20.3 Å². The van der Waals surface area contributed by atoms with E-state index in [0.29, 0.717) is 11.5 Å². The molecule has 3 heterocycles. The van der Waals surface area contributed by atoms with Crippen molar-refractivity contribution in [3.05, 3.63) is 71.5 Å². The lowest BCUT2D eigenvalue weighted by atomic mass is 10.2. The van der Waals surface area contributed by atoms with Gasteiger partial charge in [-0.1, -0.05) is 36.4 Å². The standard InChI is InChI=1S/C18H14N4OS/c1-12-6-5-9-19-16(12)21-17(23)15-11-24-18-20-14(10-22(15)18)13-7-3-2-4-8-13/h2-11H,1H3,(H,19,21,23). The van der Waals surface area contributed by atoms with Gasteiger partial charge < -0.3 is 5.32 Å². The topological polar surface area (TPSA) is 59.3 Å². The first-order valence-corrected chi connectivity index (χ1v) is 8.35. The van der Waals surface area contributed by atoms with Gasteiger partial charge in [-0.2, -0.15) is 0 Å². The Morgan fingerprint density at radius 3 is 2.79 bits per heavy atom. The molecule has 1 aromatic carbocycles. The van der Waals surface area contributed by atoms with Crippen LogP contribution in [0.4, 0.5) is 5.82 Å². The van der Waals surface area contributed by atoms with Gasteiger partial charge in [0.1, 0.15) is 11.5 Å². The molecule has 0 atom stereocenters. The van der Waals surface area contributed by atoms with Gasteiger partial charge in [-0.05, 0) is 18.6 Å². The summed E-state index contributed by atoms with van der Waals surface area (Å²) in [5.41, 5.74) is 3.36. The number of hydrogen-bond acceptors (Lipinski definition) is 4. The van der Waals surface area contributed by atoms with Crippen LogP contribution in [0, 0.1) is 6.92 Å². The second-order valence-corrected chi connectivity index (χ2v) is 6.23. The predicted molar refractivity (Wildman–Crippen MR) is 95.4 cm³/mol. The minimum Gasteiger partial charge on any atom is -0.305 e. The highest BCUT2D eigenvalue weighted by Crippen LogP contribution is 2.24. The van der Waals surface area contributed by atoms with Crippen molar-refractivity contribution in [3.8, 4) is 11.3 Å². The van der Waals surface area contributed by atoms with Crippen LogP contribution >= 0.6 is 11.3 Å². The van der Waals surface area contributed by atoms with Crippen molar-refractivity contribution in [2.75, 3.05) is 5.32 Å². The molecule has 3 aromatic heterocycles. The van der Waals surface area contributed by atoms with Crippen LogP contribution in [0.25, 0.3) is 16.2 Å². The predicted octanol–water partition coefficient (Wildman–Crippen LogP) is 4.02.